The van der Waals surface area contributed by atoms with Gasteiger partial charge in [0.2, 0.25) is 5.91 Å². The van der Waals surface area contributed by atoms with E-state index in [9.17, 15) is 4.79 Å². The predicted octanol–water partition coefficient (Wildman–Crippen LogP) is 2.08. The van der Waals surface area contributed by atoms with Gasteiger partial charge in [0.25, 0.3) is 0 Å². The average molecular weight is 269 g/mol. The third-order valence-corrected chi connectivity index (χ3v) is 3.65. The van der Waals surface area contributed by atoms with E-state index >= 15 is 0 Å². The topological polar surface area (TPSA) is 68.0 Å². The highest BCUT2D eigenvalue weighted by Crippen LogP contribution is 2.15. The van der Waals surface area contributed by atoms with Gasteiger partial charge in [0.15, 0.2) is 0 Å². The molecule has 1 aromatic rings. The zero-order chi connectivity index (χ0) is 13.5. The van der Waals surface area contributed by atoms with Crippen LogP contribution in [0.2, 0.25) is 0 Å². The Hall–Kier alpha value is -0.940. The Balaban J connectivity index is 2.32. The quantitative estimate of drug-likeness (QED) is 0.796. The summed E-state index contributed by atoms with van der Waals surface area (Å²) in [7, 11) is 0. The first-order chi connectivity index (χ1) is 8.51. The second-order valence-corrected chi connectivity index (χ2v) is 6.38. The van der Waals surface area contributed by atoms with Crippen molar-refractivity contribution >= 4 is 17.2 Å². The van der Waals surface area contributed by atoms with Crippen LogP contribution in [0.4, 0.5) is 0 Å². The van der Waals surface area contributed by atoms with Gasteiger partial charge in [-0.2, -0.15) is 0 Å². The second kappa shape index (κ2) is 7.48. The average Bonchev–Trinajstić information content (AvgIpc) is 2.71. The molecule has 0 aliphatic rings. The van der Waals surface area contributed by atoms with Crippen molar-refractivity contribution in [2.24, 2.45) is 17.6 Å². The Morgan fingerprint density at radius 2 is 2.28 bits per heavy atom. The number of amides is 1. The molecular weight excluding hydrogens is 246 g/mol. The third-order valence-electron chi connectivity index (χ3n) is 2.74. The van der Waals surface area contributed by atoms with Crippen molar-refractivity contribution in [3.8, 4) is 0 Å². The fourth-order valence-electron chi connectivity index (χ4n) is 1.94. The minimum Gasteiger partial charge on any atom is -0.351 e. The van der Waals surface area contributed by atoms with Gasteiger partial charge in [-0.1, -0.05) is 13.8 Å². The number of hydrogen-bond acceptors (Lipinski definition) is 4. The molecule has 18 heavy (non-hydrogen) atoms. The number of aromatic nitrogens is 1. The SMILES string of the molecule is Cc1ncc(CNC(=O)C[C@@H](CN)CC(C)C)s1. The summed E-state index contributed by atoms with van der Waals surface area (Å²) < 4.78 is 0. The van der Waals surface area contributed by atoms with Crippen molar-refractivity contribution in [2.45, 2.75) is 40.2 Å². The van der Waals surface area contributed by atoms with Crippen molar-refractivity contribution < 1.29 is 4.79 Å². The van der Waals surface area contributed by atoms with Crippen LogP contribution in [-0.2, 0) is 11.3 Å². The molecule has 102 valence electrons. The maximum atomic E-state index is 11.8. The molecule has 0 saturated carbocycles. The van der Waals surface area contributed by atoms with Crippen molar-refractivity contribution in [1.29, 1.82) is 0 Å². The van der Waals surface area contributed by atoms with Gasteiger partial charge < -0.3 is 11.1 Å². The van der Waals surface area contributed by atoms with E-state index in [1.54, 1.807) is 11.3 Å². The molecule has 0 aliphatic heterocycles. The van der Waals surface area contributed by atoms with Crippen LogP contribution in [0, 0.1) is 18.8 Å². The molecule has 0 aliphatic carbocycles. The van der Waals surface area contributed by atoms with Gasteiger partial charge in [0, 0.05) is 17.5 Å². The lowest BCUT2D eigenvalue weighted by molar-refractivity contribution is -0.122. The van der Waals surface area contributed by atoms with Crippen molar-refractivity contribution in [3.05, 3.63) is 16.1 Å². The van der Waals surface area contributed by atoms with Gasteiger partial charge in [0.1, 0.15) is 0 Å². The molecule has 1 aromatic heterocycles. The number of nitrogens with one attached hydrogen (secondary N) is 1. The number of carbonyl (C=O) groups excluding carboxylic acids is 1. The van der Waals surface area contributed by atoms with E-state index in [4.69, 9.17) is 5.73 Å². The van der Waals surface area contributed by atoms with Crippen LogP contribution in [0.25, 0.3) is 0 Å². The lowest BCUT2D eigenvalue weighted by Crippen LogP contribution is -2.28. The summed E-state index contributed by atoms with van der Waals surface area (Å²) in [5.74, 6) is 0.945. The van der Waals surface area contributed by atoms with Gasteiger partial charge in [0.05, 0.1) is 11.6 Å². The van der Waals surface area contributed by atoms with E-state index in [0.717, 1.165) is 16.3 Å². The Kier molecular flexibility index (Phi) is 6.29. The molecule has 0 bridgehead atoms. The third kappa shape index (κ3) is 5.60. The fraction of sp³-hybridized carbons (Fsp3) is 0.692. The maximum absolute atomic E-state index is 11.8. The molecular formula is C13H23N3OS. The van der Waals surface area contributed by atoms with E-state index in [0.29, 0.717) is 25.4 Å². The van der Waals surface area contributed by atoms with Gasteiger partial charge in [-0.15, -0.1) is 11.3 Å². The first-order valence-corrected chi connectivity index (χ1v) is 7.21. The van der Waals surface area contributed by atoms with Crippen molar-refractivity contribution in [1.82, 2.24) is 10.3 Å². The molecule has 4 nitrogen and oxygen atoms in total. The molecule has 0 unspecified atom stereocenters. The highest BCUT2D eigenvalue weighted by Gasteiger charge is 2.14. The summed E-state index contributed by atoms with van der Waals surface area (Å²) in [5.41, 5.74) is 5.69. The number of carbonyl (C=O) groups is 1. The molecule has 1 amide bonds. The number of aryl methyl sites for hydroxylation is 1. The summed E-state index contributed by atoms with van der Waals surface area (Å²) in [6.45, 7) is 7.42. The summed E-state index contributed by atoms with van der Waals surface area (Å²) in [6.07, 6.45) is 3.34. The highest BCUT2D eigenvalue weighted by atomic mass is 32.1. The molecule has 1 atom stereocenters. The number of nitrogens with zero attached hydrogens (tertiary/aromatic N) is 1. The Morgan fingerprint density at radius 3 is 2.78 bits per heavy atom. The number of hydrogen-bond donors (Lipinski definition) is 2. The lowest BCUT2D eigenvalue weighted by Gasteiger charge is -2.16. The van der Waals surface area contributed by atoms with Gasteiger partial charge in [-0.25, -0.2) is 4.98 Å². The monoisotopic (exact) mass is 269 g/mol. The van der Waals surface area contributed by atoms with Crippen LogP contribution in [-0.4, -0.2) is 17.4 Å². The molecule has 0 radical (unpaired) electrons. The maximum Gasteiger partial charge on any atom is 0.220 e. The van der Waals surface area contributed by atoms with E-state index < -0.39 is 0 Å². The van der Waals surface area contributed by atoms with Gasteiger partial charge in [-0.05, 0) is 31.7 Å². The van der Waals surface area contributed by atoms with E-state index in [1.807, 2.05) is 13.1 Å². The molecule has 0 aromatic carbocycles. The van der Waals surface area contributed by atoms with Crippen molar-refractivity contribution in [2.75, 3.05) is 6.54 Å². The van der Waals surface area contributed by atoms with E-state index in [1.165, 1.54) is 0 Å². The first kappa shape index (κ1) is 15.1. The second-order valence-electron chi connectivity index (χ2n) is 5.06. The number of nitrogens with two attached hydrogens (primary N) is 1. The highest BCUT2D eigenvalue weighted by molar-refractivity contribution is 7.11. The zero-order valence-electron chi connectivity index (χ0n) is 11.4. The fourth-order valence-corrected chi connectivity index (χ4v) is 2.67. The minimum absolute atomic E-state index is 0.0807. The van der Waals surface area contributed by atoms with Gasteiger partial charge in [-0.3, -0.25) is 4.79 Å². The molecule has 1 heterocycles. The number of rotatable bonds is 7. The summed E-state index contributed by atoms with van der Waals surface area (Å²) in [6, 6.07) is 0. The van der Waals surface area contributed by atoms with E-state index in [2.05, 4.69) is 24.1 Å². The molecule has 0 spiro atoms. The largest absolute Gasteiger partial charge is 0.351 e. The van der Waals surface area contributed by atoms with Gasteiger partial charge >= 0.3 is 0 Å². The molecule has 3 N–H and O–H groups in total. The summed E-state index contributed by atoms with van der Waals surface area (Å²) in [4.78, 5) is 17.0. The Bertz CT molecular complexity index is 376. The molecule has 5 heteroatoms. The first-order valence-electron chi connectivity index (χ1n) is 6.39. The number of thiazole rings is 1. The van der Waals surface area contributed by atoms with Crippen LogP contribution in [0.3, 0.4) is 0 Å². The lowest BCUT2D eigenvalue weighted by atomic mass is 9.94. The molecule has 0 saturated heterocycles. The summed E-state index contributed by atoms with van der Waals surface area (Å²) >= 11 is 1.61. The predicted molar refractivity (Wildman–Crippen MR) is 75.3 cm³/mol. The van der Waals surface area contributed by atoms with Crippen LogP contribution >= 0.6 is 11.3 Å². The molecule has 1 rings (SSSR count). The minimum atomic E-state index is 0.0807. The Morgan fingerprint density at radius 1 is 1.56 bits per heavy atom. The van der Waals surface area contributed by atoms with Crippen LogP contribution < -0.4 is 11.1 Å². The normalized spacial score (nSPS) is 12.7. The Labute approximate surface area is 113 Å². The van der Waals surface area contributed by atoms with Crippen LogP contribution in [0.1, 0.15) is 36.6 Å². The van der Waals surface area contributed by atoms with E-state index in [-0.39, 0.29) is 11.8 Å². The smallest absolute Gasteiger partial charge is 0.220 e. The van der Waals surface area contributed by atoms with Crippen LogP contribution in [0.15, 0.2) is 6.20 Å². The van der Waals surface area contributed by atoms with Crippen LogP contribution in [0.5, 0.6) is 0 Å². The summed E-state index contributed by atoms with van der Waals surface area (Å²) in [5, 5.41) is 3.95. The molecule has 0 fully saturated rings. The zero-order valence-corrected chi connectivity index (χ0v) is 12.2. The van der Waals surface area contributed by atoms with Crippen molar-refractivity contribution in [3.63, 3.8) is 0 Å². The standard InChI is InChI=1S/C13H23N3OS/c1-9(2)4-11(6-14)5-13(17)16-8-12-7-15-10(3)18-12/h7,9,11H,4-6,8,14H2,1-3H3,(H,16,17)/t11-/m0/s1.